The van der Waals surface area contributed by atoms with Crippen molar-refractivity contribution in [2.45, 2.75) is 19.3 Å². The van der Waals surface area contributed by atoms with Crippen LogP contribution in [0.1, 0.15) is 25.0 Å². The van der Waals surface area contributed by atoms with Gasteiger partial charge in [-0.1, -0.05) is 172 Å². The van der Waals surface area contributed by atoms with Gasteiger partial charge >= 0.3 is 0 Å². The quantitative estimate of drug-likeness (QED) is 0.169. The summed E-state index contributed by atoms with van der Waals surface area (Å²) in [4.78, 5) is 15.1. The van der Waals surface area contributed by atoms with E-state index in [1.54, 1.807) is 0 Å². The van der Waals surface area contributed by atoms with Crippen LogP contribution in [0.5, 0.6) is 0 Å². The van der Waals surface area contributed by atoms with Crippen molar-refractivity contribution in [2.24, 2.45) is 0 Å². The average molecular weight is 741 g/mol. The third kappa shape index (κ3) is 4.66. The van der Waals surface area contributed by atoms with Crippen LogP contribution in [-0.4, -0.2) is 19.5 Å². The van der Waals surface area contributed by atoms with E-state index in [9.17, 15) is 0 Å². The van der Waals surface area contributed by atoms with Gasteiger partial charge < -0.3 is 4.57 Å². The van der Waals surface area contributed by atoms with Gasteiger partial charge in [0.05, 0.1) is 11.0 Å². The Bertz CT molecular complexity index is 3380. The minimum absolute atomic E-state index is 0.186. The summed E-state index contributed by atoms with van der Waals surface area (Å²) in [6.07, 6.45) is 0. The SMILES string of the molecule is CC1(C)c2ccc3c4ccccc4c4ccccc4c3c2-c2c1ccc1c2c2ccccc2n1-c1cccc(-c2nc(-c3ccccc3)nc(-c3ccccc3)n2)c1. The van der Waals surface area contributed by atoms with E-state index in [0.29, 0.717) is 17.5 Å². The zero-order valence-corrected chi connectivity index (χ0v) is 32.1. The van der Waals surface area contributed by atoms with Crippen LogP contribution >= 0.6 is 0 Å². The van der Waals surface area contributed by atoms with E-state index < -0.39 is 0 Å². The van der Waals surface area contributed by atoms with Gasteiger partial charge in [0.1, 0.15) is 0 Å². The van der Waals surface area contributed by atoms with E-state index in [4.69, 9.17) is 15.0 Å². The monoisotopic (exact) mass is 740 g/mol. The largest absolute Gasteiger partial charge is 0.309 e. The minimum Gasteiger partial charge on any atom is -0.309 e. The van der Waals surface area contributed by atoms with Crippen molar-refractivity contribution in [1.29, 1.82) is 0 Å². The number of nitrogens with zero attached hydrogens (tertiary/aromatic N) is 4. The summed E-state index contributed by atoms with van der Waals surface area (Å²) in [5.41, 5.74) is 11.5. The van der Waals surface area contributed by atoms with E-state index in [1.807, 2.05) is 36.4 Å². The molecule has 58 heavy (non-hydrogen) atoms. The molecule has 11 aromatic rings. The third-order valence-electron chi connectivity index (χ3n) is 12.4. The fourth-order valence-corrected chi connectivity index (χ4v) is 9.76. The first-order chi connectivity index (χ1) is 28.5. The number of para-hydroxylation sites is 1. The molecule has 4 heteroatoms. The molecule has 1 aliphatic carbocycles. The first-order valence-electron chi connectivity index (χ1n) is 20.0. The van der Waals surface area contributed by atoms with Crippen LogP contribution in [0.15, 0.2) is 182 Å². The highest BCUT2D eigenvalue weighted by atomic mass is 15.0. The maximum Gasteiger partial charge on any atom is 0.164 e. The highest BCUT2D eigenvalue weighted by Gasteiger charge is 2.39. The Morgan fingerprint density at radius 3 is 1.47 bits per heavy atom. The summed E-state index contributed by atoms with van der Waals surface area (Å²) in [5, 5.41) is 10.3. The number of aromatic nitrogens is 4. The lowest BCUT2D eigenvalue weighted by Crippen LogP contribution is -2.14. The van der Waals surface area contributed by atoms with E-state index in [1.165, 1.54) is 70.9 Å². The Balaban J connectivity index is 1.13. The zero-order valence-electron chi connectivity index (χ0n) is 32.1. The van der Waals surface area contributed by atoms with Crippen LogP contribution in [0.4, 0.5) is 0 Å². The first-order valence-corrected chi connectivity index (χ1v) is 20.0. The van der Waals surface area contributed by atoms with Gasteiger partial charge in [-0.3, -0.25) is 0 Å². The summed E-state index contributed by atoms with van der Waals surface area (Å²) < 4.78 is 2.43. The maximum absolute atomic E-state index is 5.08. The van der Waals surface area contributed by atoms with Gasteiger partial charge in [-0.05, 0) is 78.8 Å². The fourth-order valence-electron chi connectivity index (χ4n) is 9.76. The molecular formula is C54H36N4. The van der Waals surface area contributed by atoms with Gasteiger partial charge in [-0.2, -0.15) is 0 Å². The molecule has 2 heterocycles. The molecule has 0 N–H and O–H groups in total. The summed E-state index contributed by atoms with van der Waals surface area (Å²) >= 11 is 0. The molecule has 0 bridgehead atoms. The molecule has 0 spiro atoms. The molecular weight excluding hydrogens is 705 g/mol. The van der Waals surface area contributed by atoms with Crippen LogP contribution in [-0.2, 0) is 5.41 Å². The minimum atomic E-state index is -0.186. The molecule has 0 aliphatic heterocycles. The number of fused-ring (bicyclic) bond motifs is 14. The van der Waals surface area contributed by atoms with Crippen LogP contribution in [0.25, 0.3) is 105 Å². The number of hydrogen-bond donors (Lipinski definition) is 0. The van der Waals surface area contributed by atoms with Gasteiger partial charge in [0.2, 0.25) is 0 Å². The van der Waals surface area contributed by atoms with Gasteiger partial charge in [-0.15, -0.1) is 0 Å². The normalized spacial score (nSPS) is 13.1. The second-order valence-corrected chi connectivity index (χ2v) is 16.0. The molecule has 9 aromatic carbocycles. The smallest absolute Gasteiger partial charge is 0.164 e. The van der Waals surface area contributed by atoms with Crippen molar-refractivity contribution < 1.29 is 0 Å². The lowest BCUT2D eigenvalue weighted by molar-refractivity contribution is 0.661. The molecule has 0 unspecified atom stereocenters. The molecule has 0 amide bonds. The van der Waals surface area contributed by atoms with Crippen LogP contribution in [0, 0.1) is 0 Å². The first kappa shape index (κ1) is 32.8. The average Bonchev–Trinajstić information content (AvgIpc) is 3.75. The summed E-state index contributed by atoms with van der Waals surface area (Å²) in [7, 11) is 0. The lowest BCUT2D eigenvalue weighted by atomic mass is 9.81. The molecule has 2 aromatic heterocycles. The van der Waals surface area contributed by atoms with Crippen LogP contribution in [0.2, 0.25) is 0 Å². The topological polar surface area (TPSA) is 43.6 Å². The molecule has 0 fully saturated rings. The Morgan fingerprint density at radius 2 is 0.828 bits per heavy atom. The second kappa shape index (κ2) is 12.3. The molecule has 0 radical (unpaired) electrons. The molecule has 4 nitrogen and oxygen atoms in total. The predicted molar refractivity (Wildman–Crippen MR) is 241 cm³/mol. The Hall–Kier alpha value is -7.43. The van der Waals surface area contributed by atoms with Crippen molar-refractivity contribution in [3.63, 3.8) is 0 Å². The Kier molecular flexibility index (Phi) is 6.94. The van der Waals surface area contributed by atoms with E-state index in [-0.39, 0.29) is 5.41 Å². The van der Waals surface area contributed by atoms with E-state index in [2.05, 4.69) is 164 Å². The summed E-state index contributed by atoms with van der Waals surface area (Å²) in [5.74, 6) is 1.93. The van der Waals surface area contributed by atoms with Crippen LogP contribution < -0.4 is 0 Å². The lowest BCUT2D eigenvalue weighted by Gasteiger charge is -2.22. The highest BCUT2D eigenvalue weighted by molar-refractivity contribution is 6.31. The van der Waals surface area contributed by atoms with Gasteiger partial charge in [0.25, 0.3) is 0 Å². The van der Waals surface area contributed by atoms with Gasteiger partial charge in [0, 0.05) is 38.6 Å². The zero-order chi connectivity index (χ0) is 38.5. The van der Waals surface area contributed by atoms with Gasteiger partial charge in [0.15, 0.2) is 17.5 Å². The second-order valence-electron chi connectivity index (χ2n) is 16.0. The predicted octanol–water partition coefficient (Wildman–Crippen LogP) is 13.7. The highest BCUT2D eigenvalue weighted by Crippen LogP contribution is 2.57. The van der Waals surface area contributed by atoms with Gasteiger partial charge in [-0.25, -0.2) is 15.0 Å². The molecule has 0 saturated heterocycles. The molecule has 1 aliphatic rings. The molecule has 0 atom stereocenters. The standard InChI is InChI=1S/C54H36N4/c1-54(2)43-29-28-41-39-24-10-9-22-37(39)38-23-11-12-25-40(38)47(41)49(43)50-44(54)30-31-46-48(50)42-26-13-14-27-45(42)58(46)36-21-15-20-35(32-36)53-56-51(33-16-5-3-6-17-33)55-52(57-53)34-18-7-4-8-19-34/h3-32H,1-2H3. The molecule has 272 valence electrons. The van der Waals surface area contributed by atoms with E-state index >= 15 is 0 Å². The summed E-state index contributed by atoms with van der Waals surface area (Å²) in [6, 6.07) is 65.2. The number of rotatable bonds is 4. The number of hydrogen-bond acceptors (Lipinski definition) is 3. The van der Waals surface area contributed by atoms with Crippen molar-refractivity contribution in [3.8, 4) is 51.0 Å². The summed E-state index contributed by atoms with van der Waals surface area (Å²) in [6.45, 7) is 4.78. The fraction of sp³-hybridized carbons (Fsp3) is 0.0556. The molecule has 0 saturated carbocycles. The Morgan fingerprint density at radius 1 is 0.362 bits per heavy atom. The van der Waals surface area contributed by atoms with Crippen molar-refractivity contribution in [1.82, 2.24) is 19.5 Å². The van der Waals surface area contributed by atoms with E-state index in [0.717, 1.165) is 27.9 Å². The molecule has 12 rings (SSSR count). The van der Waals surface area contributed by atoms with Crippen molar-refractivity contribution in [2.75, 3.05) is 0 Å². The van der Waals surface area contributed by atoms with Crippen molar-refractivity contribution in [3.05, 3.63) is 193 Å². The number of benzene rings is 9. The van der Waals surface area contributed by atoms with Crippen LogP contribution in [0.3, 0.4) is 0 Å². The maximum atomic E-state index is 5.08. The third-order valence-corrected chi connectivity index (χ3v) is 12.4. The van der Waals surface area contributed by atoms with Crippen molar-refractivity contribution >= 4 is 54.1 Å². The Labute approximate surface area is 335 Å².